The molecule has 0 amide bonds. The predicted molar refractivity (Wildman–Crippen MR) is 65.9 cm³/mol. The third-order valence-corrected chi connectivity index (χ3v) is 3.23. The Labute approximate surface area is 105 Å². The maximum Gasteiger partial charge on any atom is 0.416 e. The van der Waals surface area contributed by atoms with Gasteiger partial charge in [0.2, 0.25) is 0 Å². The standard InChI is InChI=1S/C14H16F3N/c1-2-13(18-9-3-4-10-18)11-5-7-12(8-6-11)14(15,16)17/h2,5-8H,3-4,9-10H2,1H3. The van der Waals surface area contributed by atoms with Crippen molar-refractivity contribution in [2.24, 2.45) is 0 Å². The van der Waals surface area contributed by atoms with Gasteiger partial charge < -0.3 is 4.90 Å². The lowest BCUT2D eigenvalue weighted by molar-refractivity contribution is -0.137. The molecule has 1 aliphatic rings. The summed E-state index contributed by atoms with van der Waals surface area (Å²) in [5.41, 5.74) is 1.29. The summed E-state index contributed by atoms with van der Waals surface area (Å²) >= 11 is 0. The summed E-state index contributed by atoms with van der Waals surface area (Å²) in [4.78, 5) is 2.22. The smallest absolute Gasteiger partial charge is 0.371 e. The maximum absolute atomic E-state index is 12.5. The highest BCUT2D eigenvalue weighted by Crippen LogP contribution is 2.31. The van der Waals surface area contributed by atoms with Crippen LogP contribution in [0.4, 0.5) is 13.2 Å². The van der Waals surface area contributed by atoms with E-state index in [1.807, 2.05) is 13.0 Å². The first-order valence-corrected chi connectivity index (χ1v) is 6.11. The zero-order valence-electron chi connectivity index (χ0n) is 10.3. The Morgan fingerprint density at radius 2 is 1.67 bits per heavy atom. The number of nitrogens with zero attached hydrogens (tertiary/aromatic N) is 1. The molecule has 98 valence electrons. The SMILES string of the molecule is CC=C(c1ccc(C(F)(F)F)cc1)N1CCCC1. The van der Waals surface area contributed by atoms with E-state index >= 15 is 0 Å². The molecular weight excluding hydrogens is 239 g/mol. The molecule has 1 saturated heterocycles. The van der Waals surface area contributed by atoms with Gasteiger partial charge in [0.1, 0.15) is 0 Å². The van der Waals surface area contributed by atoms with Crippen molar-refractivity contribution < 1.29 is 13.2 Å². The Morgan fingerprint density at radius 1 is 1.11 bits per heavy atom. The first-order valence-electron chi connectivity index (χ1n) is 6.11. The van der Waals surface area contributed by atoms with Crippen LogP contribution in [0, 0.1) is 0 Å². The molecular formula is C14H16F3N. The molecule has 1 nitrogen and oxygen atoms in total. The Morgan fingerprint density at radius 3 is 2.11 bits per heavy atom. The number of rotatable bonds is 2. The van der Waals surface area contributed by atoms with Crippen LogP contribution in [0.25, 0.3) is 5.70 Å². The highest BCUT2D eigenvalue weighted by molar-refractivity contribution is 5.64. The summed E-state index contributed by atoms with van der Waals surface area (Å²) in [6.45, 7) is 3.90. The van der Waals surface area contributed by atoms with E-state index in [0.29, 0.717) is 0 Å². The van der Waals surface area contributed by atoms with Gasteiger partial charge in [-0.1, -0.05) is 18.2 Å². The van der Waals surface area contributed by atoms with E-state index in [1.54, 1.807) is 12.1 Å². The number of alkyl halides is 3. The molecule has 1 aromatic rings. The van der Waals surface area contributed by atoms with Crippen LogP contribution in [-0.4, -0.2) is 18.0 Å². The lowest BCUT2D eigenvalue weighted by Crippen LogP contribution is -2.17. The fraction of sp³-hybridized carbons (Fsp3) is 0.429. The topological polar surface area (TPSA) is 3.24 Å². The number of hydrogen-bond donors (Lipinski definition) is 0. The van der Waals surface area contributed by atoms with E-state index in [2.05, 4.69) is 4.90 Å². The van der Waals surface area contributed by atoms with Gasteiger partial charge in [-0.05, 0) is 37.5 Å². The molecule has 0 radical (unpaired) electrons. The molecule has 1 fully saturated rings. The van der Waals surface area contributed by atoms with Crippen molar-refractivity contribution in [2.45, 2.75) is 25.9 Å². The minimum atomic E-state index is -4.26. The fourth-order valence-corrected chi connectivity index (χ4v) is 2.32. The van der Waals surface area contributed by atoms with Crippen molar-refractivity contribution >= 4 is 5.70 Å². The summed E-state index contributed by atoms with van der Waals surface area (Å²) in [6.07, 6.45) is 0.00608. The van der Waals surface area contributed by atoms with Crippen LogP contribution in [0.5, 0.6) is 0 Å². The number of hydrogen-bond acceptors (Lipinski definition) is 1. The molecule has 18 heavy (non-hydrogen) atoms. The highest BCUT2D eigenvalue weighted by atomic mass is 19.4. The molecule has 2 rings (SSSR count). The first kappa shape index (κ1) is 13.0. The van der Waals surface area contributed by atoms with E-state index in [1.165, 1.54) is 0 Å². The van der Waals surface area contributed by atoms with E-state index < -0.39 is 11.7 Å². The van der Waals surface area contributed by atoms with Crippen molar-refractivity contribution in [1.29, 1.82) is 0 Å². The number of halogens is 3. The van der Waals surface area contributed by atoms with Gasteiger partial charge in [0.05, 0.1) is 5.56 Å². The average Bonchev–Trinajstić information content (AvgIpc) is 2.83. The van der Waals surface area contributed by atoms with E-state index in [-0.39, 0.29) is 0 Å². The monoisotopic (exact) mass is 255 g/mol. The van der Waals surface area contributed by atoms with Crippen molar-refractivity contribution in [3.8, 4) is 0 Å². The van der Waals surface area contributed by atoms with Crippen LogP contribution in [0.3, 0.4) is 0 Å². The molecule has 0 aliphatic carbocycles. The molecule has 1 aliphatic heterocycles. The minimum Gasteiger partial charge on any atom is -0.371 e. The maximum atomic E-state index is 12.5. The molecule has 0 atom stereocenters. The number of allylic oxidation sites excluding steroid dienone is 1. The quantitative estimate of drug-likeness (QED) is 0.767. The van der Waals surface area contributed by atoms with Gasteiger partial charge in [-0.25, -0.2) is 0 Å². The van der Waals surface area contributed by atoms with Crippen LogP contribution >= 0.6 is 0 Å². The van der Waals surface area contributed by atoms with Gasteiger partial charge in [0.25, 0.3) is 0 Å². The Kier molecular flexibility index (Phi) is 3.64. The minimum absolute atomic E-state index is 0.594. The molecule has 4 heteroatoms. The Balaban J connectivity index is 2.22. The van der Waals surface area contributed by atoms with Crippen molar-refractivity contribution in [3.05, 3.63) is 41.5 Å². The zero-order valence-corrected chi connectivity index (χ0v) is 10.3. The largest absolute Gasteiger partial charge is 0.416 e. The summed E-state index contributed by atoms with van der Waals surface area (Å²) < 4.78 is 37.4. The van der Waals surface area contributed by atoms with Gasteiger partial charge in [-0.3, -0.25) is 0 Å². The van der Waals surface area contributed by atoms with Crippen molar-refractivity contribution in [2.75, 3.05) is 13.1 Å². The van der Waals surface area contributed by atoms with Gasteiger partial charge in [0.15, 0.2) is 0 Å². The lowest BCUT2D eigenvalue weighted by Gasteiger charge is -2.22. The molecule has 0 aromatic heterocycles. The lowest BCUT2D eigenvalue weighted by atomic mass is 10.1. The molecule has 0 N–H and O–H groups in total. The van der Waals surface area contributed by atoms with Gasteiger partial charge in [-0.15, -0.1) is 0 Å². The van der Waals surface area contributed by atoms with Crippen LogP contribution in [0.15, 0.2) is 30.3 Å². The summed E-state index contributed by atoms with van der Waals surface area (Å²) in [6, 6.07) is 5.40. The molecule has 0 saturated carbocycles. The van der Waals surface area contributed by atoms with Crippen LogP contribution < -0.4 is 0 Å². The third-order valence-electron chi connectivity index (χ3n) is 3.23. The second-order valence-electron chi connectivity index (χ2n) is 4.44. The molecule has 0 spiro atoms. The number of likely N-dealkylation sites (tertiary alicyclic amines) is 1. The first-order chi connectivity index (χ1) is 8.52. The van der Waals surface area contributed by atoms with Crippen LogP contribution in [0.1, 0.15) is 30.9 Å². The van der Waals surface area contributed by atoms with E-state index in [9.17, 15) is 13.2 Å². The van der Waals surface area contributed by atoms with Crippen LogP contribution in [0.2, 0.25) is 0 Å². The van der Waals surface area contributed by atoms with Crippen molar-refractivity contribution in [3.63, 3.8) is 0 Å². The molecule has 0 unspecified atom stereocenters. The van der Waals surface area contributed by atoms with Crippen molar-refractivity contribution in [1.82, 2.24) is 4.90 Å². The zero-order chi connectivity index (χ0) is 13.2. The molecule has 1 heterocycles. The summed E-state index contributed by atoms with van der Waals surface area (Å²) in [5.74, 6) is 0. The van der Waals surface area contributed by atoms with Gasteiger partial charge in [0, 0.05) is 18.8 Å². The predicted octanol–water partition coefficient (Wildman–Crippen LogP) is 4.16. The second-order valence-corrected chi connectivity index (χ2v) is 4.44. The van der Waals surface area contributed by atoms with Gasteiger partial charge in [-0.2, -0.15) is 13.2 Å². The summed E-state index contributed by atoms with van der Waals surface area (Å²) in [7, 11) is 0. The Hall–Kier alpha value is -1.45. The highest BCUT2D eigenvalue weighted by Gasteiger charge is 2.30. The summed E-state index contributed by atoms with van der Waals surface area (Å²) in [5, 5.41) is 0. The van der Waals surface area contributed by atoms with Gasteiger partial charge >= 0.3 is 6.18 Å². The van der Waals surface area contributed by atoms with E-state index in [4.69, 9.17) is 0 Å². The normalized spacial score (nSPS) is 17.3. The average molecular weight is 255 g/mol. The van der Waals surface area contributed by atoms with E-state index in [0.717, 1.165) is 49.3 Å². The fourth-order valence-electron chi connectivity index (χ4n) is 2.32. The molecule has 1 aromatic carbocycles. The molecule has 0 bridgehead atoms. The Bertz CT molecular complexity index is 425. The van der Waals surface area contributed by atoms with Crippen LogP contribution in [-0.2, 0) is 6.18 Å². The third kappa shape index (κ3) is 2.68. The number of benzene rings is 1. The second kappa shape index (κ2) is 5.04.